The molecule has 3 fully saturated rings. The first-order chi connectivity index (χ1) is 6.33. The van der Waals surface area contributed by atoms with Gasteiger partial charge in [-0.2, -0.15) is 0 Å². The van der Waals surface area contributed by atoms with Crippen molar-refractivity contribution in [2.75, 3.05) is 19.8 Å². The maximum Gasteiger partial charge on any atom is 0.179 e. The molecule has 0 amide bonds. The number of aliphatic hydroxyl groups is 1. The zero-order valence-corrected chi connectivity index (χ0v) is 7.79. The van der Waals surface area contributed by atoms with Gasteiger partial charge < -0.3 is 14.6 Å². The minimum Gasteiger partial charge on any atom is -0.396 e. The smallest absolute Gasteiger partial charge is 0.179 e. The van der Waals surface area contributed by atoms with E-state index in [4.69, 9.17) is 9.47 Å². The van der Waals surface area contributed by atoms with Crippen LogP contribution in [-0.2, 0) is 9.47 Å². The van der Waals surface area contributed by atoms with Crippen LogP contribution in [0.5, 0.6) is 0 Å². The van der Waals surface area contributed by atoms with E-state index < -0.39 is 0 Å². The van der Waals surface area contributed by atoms with Gasteiger partial charge in [-0.3, -0.25) is 0 Å². The predicted molar refractivity (Wildman–Crippen MR) is 46.1 cm³/mol. The van der Waals surface area contributed by atoms with Crippen LogP contribution in [0.4, 0.5) is 0 Å². The van der Waals surface area contributed by atoms with Crippen LogP contribution in [0.25, 0.3) is 0 Å². The first kappa shape index (κ1) is 8.21. The molecule has 0 unspecified atom stereocenters. The lowest BCUT2D eigenvalue weighted by molar-refractivity contribution is -0.231. The second-order valence-electron chi connectivity index (χ2n) is 4.58. The van der Waals surface area contributed by atoms with E-state index in [1.165, 1.54) is 12.8 Å². The average molecular weight is 184 g/mol. The zero-order valence-electron chi connectivity index (χ0n) is 7.79. The molecule has 1 heterocycles. The van der Waals surface area contributed by atoms with E-state index in [1.54, 1.807) is 0 Å². The normalized spacial score (nSPS) is 46.4. The molecule has 2 aliphatic carbocycles. The van der Waals surface area contributed by atoms with Crippen molar-refractivity contribution in [3.05, 3.63) is 0 Å². The molecular weight excluding hydrogens is 168 g/mol. The molecule has 2 saturated carbocycles. The monoisotopic (exact) mass is 184 g/mol. The summed E-state index contributed by atoms with van der Waals surface area (Å²) in [6, 6.07) is 0. The number of aliphatic hydroxyl groups excluding tert-OH is 1. The van der Waals surface area contributed by atoms with Crippen LogP contribution >= 0.6 is 0 Å². The van der Waals surface area contributed by atoms with Gasteiger partial charge in [-0.25, -0.2) is 0 Å². The van der Waals surface area contributed by atoms with Crippen LogP contribution in [-0.4, -0.2) is 30.7 Å². The lowest BCUT2D eigenvalue weighted by Gasteiger charge is -2.37. The van der Waals surface area contributed by atoms with Crippen molar-refractivity contribution < 1.29 is 14.6 Å². The highest BCUT2D eigenvalue weighted by atomic mass is 16.7. The third kappa shape index (κ3) is 0.767. The second kappa shape index (κ2) is 2.47. The minimum atomic E-state index is -0.387. The molecule has 3 nitrogen and oxygen atoms in total. The van der Waals surface area contributed by atoms with Gasteiger partial charge in [0.05, 0.1) is 19.8 Å². The number of hydrogen-bond acceptors (Lipinski definition) is 3. The Labute approximate surface area is 78.0 Å². The number of ether oxygens (including phenoxy) is 2. The Morgan fingerprint density at radius 2 is 1.77 bits per heavy atom. The molecule has 0 aromatic rings. The summed E-state index contributed by atoms with van der Waals surface area (Å²) in [5.41, 5.74) is -0.0613. The quantitative estimate of drug-likeness (QED) is 0.658. The summed E-state index contributed by atoms with van der Waals surface area (Å²) >= 11 is 0. The lowest BCUT2D eigenvalue weighted by atomic mass is 9.82. The standard InChI is InChI=1S/C10H16O3/c11-7-9-3-1-8(2-4-9)10(9)12-5-6-13-10/h8,11H,1-7H2. The van der Waals surface area contributed by atoms with E-state index in [0.717, 1.165) is 12.8 Å². The molecule has 1 N–H and O–H groups in total. The summed E-state index contributed by atoms with van der Waals surface area (Å²) in [7, 11) is 0. The van der Waals surface area contributed by atoms with Crippen molar-refractivity contribution in [2.45, 2.75) is 31.5 Å². The molecular formula is C10H16O3. The minimum absolute atomic E-state index is 0.0613. The molecule has 0 aromatic carbocycles. The Bertz CT molecular complexity index is 212. The Kier molecular flexibility index (Phi) is 1.56. The van der Waals surface area contributed by atoms with E-state index >= 15 is 0 Å². The maximum atomic E-state index is 9.51. The molecule has 0 radical (unpaired) electrons. The summed E-state index contributed by atoms with van der Waals surface area (Å²) in [6.07, 6.45) is 4.49. The Hall–Kier alpha value is -0.120. The van der Waals surface area contributed by atoms with Gasteiger partial charge in [0.1, 0.15) is 0 Å². The van der Waals surface area contributed by atoms with Gasteiger partial charge in [0, 0.05) is 11.3 Å². The van der Waals surface area contributed by atoms with Crippen LogP contribution in [0.2, 0.25) is 0 Å². The fourth-order valence-corrected chi connectivity index (χ4v) is 3.57. The van der Waals surface area contributed by atoms with Crippen LogP contribution in [0.1, 0.15) is 25.7 Å². The molecule has 2 bridgehead atoms. The van der Waals surface area contributed by atoms with E-state index in [1.807, 2.05) is 0 Å². The SMILES string of the molecule is OCC12CCC(CC1)C21OCCO1. The predicted octanol–water partition coefficient (Wildman–Crippen LogP) is 0.912. The molecule has 1 aliphatic heterocycles. The molecule has 3 heteroatoms. The number of hydrogen-bond donors (Lipinski definition) is 1. The van der Waals surface area contributed by atoms with Crippen LogP contribution in [0.3, 0.4) is 0 Å². The molecule has 1 spiro atoms. The fraction of sp³-hybridized carbons (Fsp3) is 1.00. The highest BCUT2D eigenvalue weighted by Crippen LogP contribution is 2.63. The summed E-state index contributed by atoms with van der Waals surface area (Å²) in [5.74, 6) is 0.157. The summed E-state index contributed by atoms with van der Waals surface area (Å²) < 4.78 is 11.6. The Morgan fingerprint density at radius 1 is 1.15 bits per heavy atom. The van der Waals surface area contributed by atoms with Gasteiger partial charge >= 0.3 is 0 Å². The van der Waals surface area contributed by atoms with E-state index in [2.05, 4.69) is 0 Å². The van der Waals surface area contributed by atoms with Crippen LogP contribution in [0.15, 0.2) is 0 Å². The van der Waals surface area contributed by atoms with Crippen molar-refractivity contribution in [1.82, 2.24) is 0 Å². The van der Waals surface area contributed by atoms with Crippen molar-refractivity contribution in [1.29, 1.82) is 0 Å². The topological polar surface area (TPSA) is 38.7 Å². The molecule has 3 rings (SSSR count). The van der Waals surface area contributed by atoms with Crippen molar-refractivity contribution in [3.8, 4) is 0 Å². The summed E-state index contributed by atoms with van der Waals surface area (Å²) in [4.78, 5) is 0. The van der Waals surface area contributed by atoms with Crippen LogP contribution < -0.4 is 0 Å². The first-order valence-electron chi connectivity index (χ1n) is 5.22. The van der Waals surface area contributed by atoms with E-state index in [9.17, 15) is 5.11 Å². The maximum absolute atomic E-state index is 9.51. The first-order valence-corrected chi connectivity index (χ1v) is 5.22. The largest absolute Gasteiger partial charge is 0.396 e. The molecule has 0 atom stereocenters. The average Bonchev–Trinajstić information content (AvgIpc) is 2.85. The third-order valence-corrected chi connectivity index (χ3v) is 4.24. The van der Waals surface area contributed by atoms with E-state index in [-0.39, 0.29) is 17.8 Å². The Morgan fingerprint density at radius 3 is 2.31 bits per heavy atom. The van der Waals surface area contributed by atoms with Crippen molar-refractivity contribution in [3.63, 3.8) is 0 Å². The second-order valence-corrected chi connectivity index (χ2v) is 4.58. The fourth-order valence-electron chi connectivity index (χ4n) is 3.57. The summed E-state index contributed by atoms with van der Waals surface area (Å²) in [6.45, 7) is 1.64. The van der Waals surface area contributed by atoms with Gasteiger partial charge in [-0.15, -0.1) is 0 Å². The number of rotatable bonds is 1. The Balaban J connectivity index is 2.01. The molecule has 74 valence electrons. The van der Waals surface area contributed by atoms with Gasteiger partial charge in [-0.05, 0) is 25.7 Å². The van der Waals surface area contributed by atoms with Crippen molar-refractivity contribution in [2.24, 2.45) is 11.3 Å². The van der Waals surface area contributed by atoms with E-state index in [0.29, 0.717) is 19.1 Å². The van der Waals surface area contributed by atoms with Gasteiger partial charge in [-0.1, -0.05) is 0 Å². The summed E-state index contributed by atoms with van der Waals surface area (Å²) in [5, 5.41) is 9.51. The highest BCUT2D eigenvalue weighted by Gasteiger charge is 2.67. The zero-order chi connectivity index (χ0) is 8.94. The van der Waals surface area contributed by atoms with Gasteiger partial charge in [0.2, 0.25) is 0 Å². The molecule has 1 saturated heterocycles. The molecule has 0 aromatic heterocycles. The molecule has 13 heavy (non-hydrogen) atoms. The van der Waals surface area contributed by atoms with Gasteiger partial charge in [0.25, 0.3) is 0 Å². The third-order valence-electron chi connectivity index (χ3n) is 4.24. The van der Waals surface area contributed by atoms with Crippen molar-refractivity contribution >= 4 is 0 Å². The van der Waals surface area contributed by atoms with Crippen LogP contribution in [0, 0.1) is 11.3 Å². The van der Waals surface area contributed by atoms with Gasteiger partial charge in [0.15, 0.2) is 5.79 Å². The highest BCUT2D eigenvalue weighted by molar-refractivity contribution is 5.10. The lowest BCUT2D eigenvalue weighted by Crippen LogP contribution is -2.46. The molecule has 3 aliphatic rings.